The van der Waals surface area contributed by atoms with Gasteiger partial charge in [0.1, 0.15) is 0 Å². The Morgan fingerprint density at radius 1 is 1.25 bits per heavy atom. The standard InChI is InChI=1S/C12H17BF3N2S.K/c1-9-11(13(14,15)16)6-10(7-12(9)19)8-18-4-2-17-3-5-18;/h6-7,17,19H,2-5,8H2,1H3;/q-1;+1. The fourth-order valence-corrected chi connectivity index (χ4v) is 2.64. The van der Waals surface area contributed by atoms with Gasteiger partial charge in [0.25, 0.3) is 0 Å². The summed E-state index contributed by atoms with van der Waals surface area (Å²) in [5, 5.41) is 3.22. The minimum Gasteiger partial charge on any atom is -0.445 e. The van der Waals surface area contributed by atoms with Gasteiger partial charge in [0.15, 0.2) is 0 Å². The van der Waals surface area contributed by atoms with Crippen molar-refractivity contribution >= 4 is 25.1 Å². The first-order chi connectivity index (χ1) is 8.88. The van der Waals surface area contributed by atoms with Crippen LogP contribution in [0.5, 0.6) is 0 Å². The zero-order chi connectivity index (χ0) is 14.0. The molecule has 1 aromatic carbocycles. The monoisotopic (exact) mass is 328 g/mol. The van der Waals surface area contributed by atoms with Gasteiger partial charge in [-0.05, 0) is 18.6 Å². The van der Waals surface area contributed by atoms with Crippen molar-refractivity contribution in [2.24, 2.45) is 0 Å². The molecule has 1 aliphatic rings. The molecule has 2 nitrogen and oxygen atoms in total. The molecule has 0 saturated carbocycles. The molecule has 20 heavy (non-hydrogen) atoms. The van der Waals surface area contributed by atoms with Crippen LogP contribution >= 0.6 is 12.6 Å². The van der Waals surface area contributed by atoms with Gasteiger partial charge >= 0.3 is 58.4 Å². The molecule has 1 saturated heterocycles. The molecule has 8 heteroatoms. The van der Waals surface area contributed by atoms with E-state index in [-0.39, 0.29) is 56.9 Å². The molecule has 0 atom stereocenters. The quantitative estimate of drug-likeness (QED) is 0.532. The van der Waals surface area contributed by atoms with Crippen LogP contribution in [0.1, 0.15) is 11.1 Å². The van der Waals surface area contributed by atoms with E-state index < -0.39 is 12.4 Å². The molecule has 1 heterocycles. The summed E-state index contributed by atoms with van der Waals surface area (Å²) in [6, 6.07) is 3.02. The van der Waals surface area contributed by atoms with E-state index in [1.54, 1.807) is 6.07 Å². The van der Waals surface area contributed by atoms with Gasteiger partial charge in [0.2, 0.25) is 0 Å². The van der Waals surface area contributed by atoms with Crippen LogP contribution in [0.4, 0.5) is 12.9 Å². The van der Waals surface area contributed by atoms with Crippen LogP contribution in [0.15, 0.2) is 17.0 Å². The molecular weight excluding hydrogens is 311 g/mol. The van der Waals surface area contributed by atoms with E-state index in [2.05, 4.69) is 22.8 Å². The van der Waals surface area contributed by atoms with Gasteiger partial charge in [0, 0.05) is 37.6 Å². The van der Waals surface area contributed by atoms with Gasteiger partial charge in [-0.1, -0.05) is 11.6 Å². The summed E-state index contributed by atoms with van der Waals surface area (Å²) >= 11 is 4.17. The first-order valence-electron chi connectivity index (χ1n) is 6.33. The Morgan fingerprint density at radius 2 is 1.85 bits per heavy atom. The van der Waals surface area contributed by atoms with Crippen molar-refractivity contribution in [1.82, 2.24) is 10.2 Å². The number of nitrogens with one attached hydrogen (secondary N) is 1. The third kappa shape index (κ3) is 5.02. The number of rotatable bonds is 3. The largest absolute Gasteiger partial charge is 1.00 e. The molecule has 1 aliphatic heterocycles. The molecule has 1 N–H and O–H groups in total. The Hall–Kier alpha value is 0.981. The topological polar surface area (TPSA) is 15.3 Å². The molecule has 1 aromatic rings. The first-order valence-corrected chi connectivity index (χ1v) is 6.78. The Kier molecular flexibility index (Phi) is 7.62. The smallest absolute Gasteiger partial charge is 0.445 e. The number of piperazine rings is 1. The zero-order valence-electron chi connectivity index (χ0n) is 11.8. The Bertz CT molecular complexity index is 465. The van der Waals surface area contributed by atoms with Gasteiger partial charge in [-0.15, -0.1) is 18.1 Å². The maximum Gasteiger partial charge on any atom is 1.00 e. The van der Waals surface area contributed by atoms with Gasteiger partial charge in [-0.2, -0.15) is 0 Å². The van der Waals surface area contributed by atoms with Crippen molar-refractivity contribution in [3.8, 4) is 0 Å². The summed E-state index contributed by atoms with van der Waals surface area (Å²) in [5.74, 6) is 0. The zero-order valence-corrected chi connectivity index (χ0v) is 15.8. The van der Waals surface area contributed by atoms with Crippen LogP contribution in [0.3, 0.4) is 0 Å². The molecule has 1 fully saturated rings. The van der Waals surface area contributed by atoms with Gasteiger partial charge in [-0.3, -0.25) is 4.90 Å². The molecule has 0 bridgehead atoms. The van der Waals surface area contributed by atoms with E-state index >= 15 is 0 Å². The Balaban J connectivity index is 0.00000200. The number of thiol groups is 1. The summed E-state index contributed by atoms with van der Waals surface area (Å²) in [4.78, 5) is 2.57. The third-order valence-corrected chi connectivity index (χ3v) is 3.91. The van der Waals surface area contributed by atoms with Crippen LogP contribution in [-0.2, 0) is 6.54 Å². The van der Waals surface area contributed by atoms with Gasteiger partial charge in [-0.25, -0.2) is 0 Å². The van der Waals surface area contributed by atoms with E-state index in [0.717, 1.165) is 26.2 Å². The predicted octanol–water partition coefficient (Wildman–Crippen LogP) is -1.25. The molecule has 0 aliphatic carbocycles. The molecule has 0 spiro atoms. The average Bonchev–Trinajstić information content (AvgIpc) is 2.33. The minimum atomic E-state index is -4.98. The summed E-state index contributed by atoms with van der Waals surface area (Å²) in [5.41, 5.74) is 0.393. The van der Waals surface area contributed by atoms with Crippen LogP contribution < -0.4 is 62.2 Å². The maximum absolute atomic E-state index is 13.0. The maximum atomic E-state index is 13.0. The van der Waals surface area contributed by atoms with E-state index in [9.17, 15) is 12.9 Å². The van der Waals surface area contributed by atoms with Crippen molar-refractivity contribution in [3.05, 3.63) is 23.3 Å². The molecule has 2 rings (SSSR count). The van der Waals surface area contributed by atoms with E-state index in [1.807, 2.05) is 0 Å². The van der Waals surface area contributed by atoms with Crippen molar-refractivity contribution in [1.29, 1.82) is 0 Å². The molecular formula is C12H17BF3KN2S. The van der Waals surface area contributed by atoms with Crippen molar-refractivity contribution in [3.63, 3.8) is 0 Å². The van der Waals surface area contributed by atoms with Gasteiger partial charge in [0.05, 0.1) is 0 Å². The number of nitrogens with zero attached hydrogens (tertiary/aromatic N) is 1. The molecule has 0 aromatic heterocycles. The number of hydrogen-bond donors (Lipinski definition) is 2. The molecule has 106 valence electrons. The van der Waals surface area contributed by atoms with Crippen LogP contribution in [0.25, 0.3) is 0 Å². The fourth-order valence-electron chi connectivity index (χ4n) is 2.34. The van der Waals surface area contributed by atoms with E-state index in [4.69, 9.17) is 0 Å². The third-order valence-electron chi connectivity index (χ3n) is 3.45. The summed E-state index contributed by atoms with van der Waals surface area (Å²) in [7, 11) is 0. The first kappa shape index (κ1) is 19.0. The predicted molar refractivity (Wildman–Crippen MR) is 75.3 cm³/mol. The number of benzene rings is 1. The SMILES string of the molecule is Cc1c(S)cc(CN2CCNCC2)cc1[B-](F)(F)F.[K+]. The second-order valence-corrected chi connectivity index (χ2v) is 5.41. The summed E-state index contributed by atoms with van der Waals surface area (Å²) in [6.45, 7) is 0.541. The van der Waals surface area contributed by atoms with E-state index in [0.29, 0.717) is 17.0 Å². The van der Waals surface area contributed by atoms with Crippen molar-refractivity contribution in [2.45, 2.75) is 18.4 Å². The summed E-state index contributed by atoms with van der Waals surface area (Å²) in [6.07, 6.45) is 0. The molecule has 0 radical (unpaired) electrons. The molecule has 0 unspecified atom stereocenters. The van der Waals surface area contributed by atoms with E-state index in [1.165, 1.54) is 13.0 Å². The van der Waals surface area contributed by atoms with Crippen LogP contribution in [0, 0.1) is 6.92 Å². The minimum absolute atomic E-state index is 0. The Labute approximate surface area is 165 Å². The number of halogens is 3. The fraction of sp³-hybridized carbons (Fsp3) is 0.500. The van der Waals surface area contributed by atoms with Crippen molar-refractivity contribution < 1.29 is 64.3 Å². The molecule has 0 amide bonds. The van der Waals surface area contributed by atoms with Gasteiger partial charge < -0.3 is 18.3 Å². The van der Waals surface area contributed by atoms with Crippen LogP contribution in [0.2, 0.25) is 0 Å². The van der Waals surface area contributed by atoms with Crippen molar-refractivity contribution in [2.75, 3.05) is 26.2 Å². The summed E-state index contributed by atoms with van der Waals surface area (Å²) < 4.78 is 39.0. The average molecular weight is 328 g/mol. The van der Waals surface area contributed by atoms with Crippen LogP contribution in [-0.4, -0.2) is 38.1 Å². The number of hydrogen-bond acceptors (Lipinski definition) is 3. The second-order valence-electron chi connectivity index (χ2n) is 4.93. The normalized spacial score (nSPS) is 16.9. The second kappa shape index (κ2) is 8.01. The Morgan fingerprint density at radius 3 is 2.40 bits per heavy atom.